The van der Waals surface area contributed by atoms with Crippen LogP contribution in [0.1, 0.15) is 46.8 Å². The van der Waals surface area contributed by atoms with Gasteiger partial charge in [-0.25, -0.2) is 0 Å². The number of amides is 1. The van der Waals surface area contributed by atoms with Crippen LogP contribution < -0.4 is 10.1 Å². The Labute approximate surface area is 161 Å². The number of nitrogens with one attached hydrogen (secondary N) is 1. The van der Waals surface area contributed by atoms with E-state index in [1.807, 2.05) is 18.2 Å². The van der Waals surface area contributed by atoms with Crippen LogP contribution in [0.3, 0.4) is 0 Å². The second-order valence-electron chi connectivity index (χ2n) is 7.88. The minimum atomic E-state index is -0.0313. The Kier molecular flexibility index (Phi) is 5.44. The van der Waals surface area contributed by atoms with E-state index in [1.54, 1.807) is 0 Å². The van der Waals surface area contributed by atoms with E-state index in [-0.39, 0.29) is 5.91 Å². The predicted octanol–water partition coefficient (Wildman–Crippen LogP) is 3.78. The van der Waals surface area contributed by atoms with Crippen molar-refractivity contribution in [3.05, 3.63) is 64.7 Å². The van der Waals surface area contributed by atoms with Crippen LogP contribution in [-0.2, 0) is 19.5 Å². The first-order valence-corrected chi connectivity index (χ1v) is 10.0. The molecule has 2 aromatic rings. The lowest BCUT2D eigenvalue weighted by molar-refractivity contribution is 0.0951. The molecule has 4 heteroatoms. The van der Waals surface area contributed by atoms with Crippen molar-refractivity contribution in [2.75, 3.05) is 19.7 Å². The number of carbonyl (C=O) groups excluding carboxylic acids is 1. The summed E-state index contributed by atoms with van der Waals surface area (Å²) in [7, 11) is 0. The number of rotatable bonds is 5. The van der Waals surface area contributed by atoms with Gasteiger partial charge >= 0.3 is 0 Å². The van der Waals surface area contributed by atoms with Gasteiger partial charge in [0.1, 0.15) is 5.75 Å². The maximum Gasteiger partial charge on any atom is 0.251 e. The van der Waals surface area contributed by atoms with E-state index in [1.165, 1.54) is 31.5 Å². The highest BCUT2D eigenvalue weighted by molar-refractivity contribution is 5.94. The third-order valence-corrected chi connectivity index (χ3v) is 5.71. The van der Waals surface area contributed by atoms with Gasteiger partial charge in [-0.3, -0.25) is 9.69 Å². The summed E-state index contributed by atoms with van der Waals surface area (Å²) < 4.78 is 5.50. The molecule has 1 N–H and O–H groups in total. The molecule has 0 saturated carbocycles. The van der Waals surface area contributed by atoms with Gasteiger partial charge in [0.15, 0.2) is 0 Å². The molecule has 27 heavy (non-hydrogen) atoms. The first-order chi connectivity index (χ1) is 13.2. The van der Waals surface area contributed by atoms with Gasteiger partial charge in [0.2, 0.25) is 0 Å². The quantitative estimate of drug-likeness (QED) is 0.878. The van der Waals surface area contributed by atoms with Crippen molar-refractivity contribution in [1.82, 2.24) is 10.2 Å². The summed E-state index contributed by atoms with van der Waals surface area (Å²) in [5, 5.41) is 3.02. The Morgan fingerprint density at radius 2 is 1.85 bits per heavy atom. The molecule has 0 aromatic heterocycles. The molecule has 0 bridgehead atoms. The zero-order valence-electron chi connectivity index (χ0n) is 16.0. The number of piperidine rings is 1. The Bertz CT molecular complexity index is 793. The smallest absolute Gasteiger partial charge is 0.251 e. The second kappa shape index (κ2) is 8.13. The average Bonchev–Trinajstić information content (AvgIpc) is 3.17. The number of carbonyl (C=O) groups is 1. The van der Waals surface area contributed by atoms with Crippen molar-refractivity contribution in [3.63, 3.8) is 0 Å². The summed E-state index contributed by atoms with van der Waals surface area (Å²) in [5.41, 5.74) is 4.30. The molecule has 2 heterocycles. The molecule has 142 valence electrons. The molecular formula is C23H28N2O2. The van der Waals surface area contributed by atoms with Crippen molar-refractivity contribution >= 4 is 5.91 Å². The lowest BCUT2D eigenvalue weighted by atomic mass is 9.99. The van der Waals surface area contributed by atoms with Gasteiger partial charge in [-0.15, -0.1) is 0 Å². The van der Waals surface area contributed by atoms with E-state index >= 15 is 0 Å². The molecule has 0 unspecified atom stereocenters. The van der Waals surface area contributed by atoms with Gasteiger partial charge < -0.3 is 10.1 Å². The first kappa shape index (κ1) is 18.1. The van der Waals surface area contributed by atoms with Crippen LogP contribution in [0.25, 0.3) is 0 Å². The summed E-state index contributed by atoms with van der Waals surface area (Å²) >= 11 is 0. The van der Waals surface area contributed by atoms with Crippen LogP contribution in [0.5, 0.6) is 5.75 Å². The zero-order valence-corrected chi connectivity index (χ0v) is 16.0. The van der Waals surface area contributed by atoms with E-state index < -0.39 is 0 Å². The summed E-state index contributed by atoms with van der Waals surface area (Å²) in [6, 6.07) is 14.3. The largest absolute Gasteiger partial charge is 0.493 e. The third-order valence-electron chi connectivity index (χ3n) is 5.71. The van der Waals surface area contributed by atoms with Crippen LogP contribution in [-0.4, -0.2) is 30.5 Å². The highest BCUT2D eigenvalue weighted by Crippen LogP contribution is 2.25. The molecule has 2 aliphatic rings. The van der Waals surface area contributed by atoms with Crippen molar-refractivity contribution in [2.24, 2.45) is 5.92 Å². The third kappa shape index (κ3) is 4.51. The normalized spacial score (nSPS) is 17.4. The molecule has 0 aliphatic carbocycles. The minimum absolute atomic E-state index is 0.0313. The molecule has 4 nitrogen and oxygen atoms in total. The highest BCUT2D eigenvalue weighted by Gasteiger charge is 2.16. The molecule has 4 rings (SSSR count). The molecule has 2 aliphatic heterocycles. The van der Waals surface area contributed by atoms with Gasteiger partial charge in [-0.1, -0.05) is 31.2 Å². The Hall–Kier alpha value is -2.33. The number of fused-ring (bicyclic) bond motifs is 1. The Morgan fingerprint density at radius 1 is 1.11 bits per heavy atom. The average molecular weight is 364 g/mol. The van der Waals surface area contributed by atoms with Gasteiger partial charge in [0.25, 0.3) is 5.91 Å². The van der Waals surface area contributed by atoms with Crippen LogP contribution in [0.15, 0.2) is 42.5 Å². The molecule has 0 spiro atoms. The van der Waals surface area contributed by atoms with Gasteiger partial charge in [0, 0.05) is 25.1 Å². The van der Waals surface area contributed by atoms with Crippen LogP contribution in [0, 0.1) is 5.92 Å². The summed E-state index contributed by atoms with van der Waals surface area (Å²) in [5.74, 6) is 1.74. The number of benzene rings is 2. The van der Waals surface area contributed by atoms with Crippen molar-refractivity contribution in [3.8, 4) is 5.75 Å². The van der Waals surface area contributed by atoms with Crippen LogP contribution >= 0.6 is 0 Å². The summed E-state index contributed by atoms with van der Waals surface area (Å²) in [6.45, 7) is 7.03. The lowest BCUT2D eigenvalue weighted by Crippen LogP contribution is -2.32. The fourth-order valence-electron chi connectivity index (χ4n) is 3.85. The van der Waals surface area contributed by atoms with E-state index in [9.17, 15) is 4.79 Å². The zero-order chi connectivity index (χ0) is 18.6. The standard InChI is InChI=1S/C23H28N2O2/c1-17-8-11-25(12-9-17)16-19-4-2-18(3-5-19)15-24-23(26)21-6-7-22-20(14-21)10-13-27-22/h2-7,14,17H,8-13,15-16H2,1H3,(H,24,26). The molecule has 1 fully saturated rings. The Morgan fingerprint density at radius 3 is 2.63 bits per heavy atom. The van der Waals surface area contributed by atoms with Crippen molar-refractivity contribution in [1.29, 1.82) is 0 Å². The second-order valence-corrected chi connectivity index (χ2v) is 7.88. The molecule has 2 aromatic carbocycles. The van der Waals surface area contributed by atoms with Crippen molar-refractivity contribution in [2.45, 2.75) is 39.3 Å². The highest BCUT2D eigenvalue weighted by atomic mass is 16.5. The minimum Gasteiger partial charge on any atom is -0.493 e. The van der Waals surface area contributed by atoms with E-state index in [2.05, 4.69) is 41.4 Å². The fraction of sp³-hybridized carbons (Fsp3) is 0.435. The molecular weight excluding hydrogens is 336 g/mol. The van der Waals surface area contributed by atoms with Crippen molar-refractivity contribution < 1.29 is 9.53 Å². The number of hydrogen-bond donors (Lipinski definition) is 1. The molecule has 0 atom stereocenters. The number of hydrogen-bond acceptors (Lipinski definition) is 3. The van der Waals surface area contributed by atoms with Gasteiger partial charge in [0.05, 0.1) is 6.61 Å². The predicted molar refractivity (Wildman–Crippen MR) is 107 cm³/mol. The van der Waals surface area contributed by atoms with Gasteiger partial charge in [-0.2, -0.15) is 0 Å². The Balaban J connectivity index is 1.29. The molecule has 1 saturated heterocycles. The van der Waals surface area contributed by atoms with Crippen LogP contribution in [0.2, 0.25) is 0 Å². The maximum absolute atomic E-state index is 12.4. The monoisotopic (exact) mass is 364 g/mol. The van der Waals surface area contributed by atoms with Gasteiger partial charge in [-0.05, 0) is 66.7 Å². The lowest BCUT2D eigenvalue weighted by Gasteiger charge is -2.30. The number of ether oxygens (including phenoxy) is 1. The first-order valence-electron chi connectivity index (χ1n) is 10.0. The molecule has 1 amide bonds. The number of likely N-dealkylation sites (tertiary alicyclic amines) is 1. The summed E-state index contributed by atoms with van der Waals surface area (Å²) in [6.07, 6.45) is 3.49. The maximum atomic E-state index is 12.4. The van der Waals surface area contributed by atoms with E-state index in [0.717, 1.165) is 35.8 Å². The van der Waals surface area contributed by atoms with E-state index in [0.29, 0.717) is 18.7 Å². The SMILES string of the molecule is CC1CCN(Cc2ccc(CNC(=O)c3ccc4c(c3)CCO4)cc2)CC1. The fourth-order valence-corrected chi connectivity index (χ4v) is 3.85. The number of nitrogens with zero attached hydrogens (tertiary/aromatic N) is 1. The molecule has 0 radical (unpaired) electrons. The van der Waals surface area contributed by atoms with Crippen LogP contribution in [0.4, 0.5) is 0 Å². The summed E-state index contributed by atoms with van der Waals surface area (Å²) in [4.78, 5) is 15.0. The van der Waals surface area contributed by atoms with E-state index in [4.69, 9.17) is 4.74 Å². The topological polar surface area (TPSA) is 41.6 Å².